The second-order valence-corrected chi connectivity index (χ2v) is 10.9. The van der Waals surface area contributed by atoms with Crippen molar-refractivity contribution < 1.29 is 14.7 Å². The summed E-state index contributed by atoms with van der Waals surface area (Å²) in [5, 5.41) is 21.7. The molecule has 7 rings (SSSR count). The molecule has 2 aromatic carbocycles. The Balaban J connectivity index is 1.27. The van der Waals surface area contributed by atoms with Crippen LogP contribution in [0.2, 0.25) is 0 Å². The fourth-order valence-electron chi connectivity index (χ4n) is 5.25. The summed E-state index contributed by atoms with van der Waals surface area (Å²) in [5.74, 6) is 1.05. The molecule has 1 saturated heterocycles. The topological polar surface area (TPSA) is 133 Å². The molecule has 4 aromatic heterocycles. The molecule has 12 heteroatoms. The Bertz CT molecular complexity index is 1890. The highest BCUT2D eigenvalue weighted by molar-refractivity contribution is 7.19. The average Bonchev–Trinajstić information content (AvgIpc) is 3.72. The van der Waals surface area contributed by atoms with Crippen molar-refractivity contribution >= 4 is 60.8 Å². The highest BCUT2D eigenvalue weighted by Crippen LogP contribution is 2.36. The van der Waals surface area contributed by atoms with Crippen LogP contribution in [0, 0.1) is 0 Å². The minimum absolute atomic E-state index is 0.386. The van der Waals surface area contributed by atoms with Crippen LogP contribution in [0.4, 0.5) is 11.5 Å². The number of hydrogen-bond donors (Lipinski definition) is 4. The van der Waals surface area contributed by atoms with Gasteiger partial charge in [-0.05, 0) is 30.3 Å². The van der Waals surface area contributed by atoms with E-state index >= 15 is 0 Å². The van der Waals surface area contributed by atoms with Crippen molar-refractivity contribution in [3.05, 3.63) is 65.3 Å². The number of nitrogens with one attached hydrogen (secondary N) is 3. The van der Waals surface area contributed by atoms with E-state index in [4.69, 9.17) is 19.9 Å². The number of anilines is 2. The van der Waals surface area contributed by atoms with Crippen LogP contribution in [0.3, 0.4) is 0 Å². The number of fused-ring (bicyclic) bond motifs is 3. The molecule has 11 nitrogen and oxygen atoms in total. The van der Waals surface area contributed by atoms with Crippen LogP contribution < -0.4 is 15.7 Å². The van der Waals surface area contributed by atoms with Gasteiger partial charge in [0.25, 0.3) is 5.91 Å². The molecule has 0 bridgehead atoms. The molecule has 40 heavy (non-hydrogen) atoms. The first-order chi connectivity index (χ1) is 19.6. The number of thiophene rings is 1. The normalized spacial score (nSPS) is 13.9. The van der Waals surface area contributed by atoms with E-state index in [1.807, 2.05) is 48.3 Å². The number of aryl methyl sites for hydroxylation is 1. The molecule has 0 aliphatic carbocycles. The fraction of sp³-hybridized carbons (Fsp3) is 0.214. The first kappa shape index (κ1) is 24.5. The molecule has 0 radical (unpaired) electrons. The van der Waals surface area contributed by atoms with E-state index < -0.39 is 5.91 Å². The summed E-state index contributed by atoms with van der Waals surface area (Å²) in [6.07, 6.45) is 3.82. The Morgan fingerprint density at radius 3 is 2.88 bits per heavy atom. The zero-order valence-corrected chi connectivity index (χ0v) is 22.5. The van der Waals surface area contributed by atoms with Crippen LogP contribution >= 0.6 is 11.3 Å². The molecule has 6 aromatic rings. The number of benzene rings is 2. The zero-order valence-electron chi connectivity index (χ0n) is 21.6. The molecule has 0 saturated carbocycles. The molecule has 4 N–H and O–H groups in total. The van der Waals surface area contributed by atoms with Crippen LogP contribution in [-0.4, -0.2) is 62.2 Å². The minimum atomic E-state index is -0.544. The SMILES string of the molecule is Cn1cc(NCc2cc3nc(-c4cccc5[nH]ncc45)nc(N4CCOCC4)c3s2)c2cc(C(=O)NO)ccc21. The van der Waals surface area contributed by atoms with Gasteiger partial charge in [0.15, 0.2) is 11.6 Å². The van der Waals surface area contributed by atoms with Crippen LogP contribution in [0.15, 0.2) is 54.9 Å². The smallest absolute Gasteiger partial charge is 0.274 e. The van der Waals surface area contributed by atoms with E-state index in [0.29, 0.717) is 31.1 Å². The maximum atomic E-state index is 12.0. The van der Waals surface area contributed by atoms with Gasteiger partial charge in [0.05, 0.1) is 40.8 Å². The number of carbonyl (C=O) groups is 1. The van der Waals surface area contributed by atoms with Crippen LogP contribution in [0.5, 0.6) is 0 Å². The predicted octanol–water partition coefficient (Wildman–Crippen LogP) is 4.29. The summed E-state index contributed by atoms with van der Waals surface area (Å²) in [4.78, 5) is 25.5. The summed E-state index contributed by atoms with van der Waals surface area (Å²) < 4.78 is 8.66. The van der Waals surface area contributed by atoms with Gasteiger partial charge < -0.3 is 19.5 Å². The highest BCUT2D eigenvalue weighted by Gasteiger charge is 2.21. The van der Waals surface area contributed by atoms with E-state index in [2.05, 4.69) is 26.5 Å². The summed E-state index contributed by atoms with van der Waals surface area (Å²) in [6.45, 7) is 3.44. The Morgan fingerprint density at radius 2 is 2.02 bits per heavy atom. The molecule has 5 heterocycles. The molecule has 0 spiro atoms. The van der Waals surface area contributed by atoms with Gasteiger partial charge in [0, 0.05) is 65.2 Å². The standard InChI is InChI=1S/C28H26N8O3S/c1-35-15-23(19-11-16(28(37)34-38)5-6-24(19)35)29-13-17-12-22-25(40-17)27(36-7-9-39-10-8-36)32-26(31-22)18-3-2-4-21-20(18)14-30-33-21/h2-6,11-12,14-15,29,38H,7-10,13H2,1H3,(H,30,33)(H,34,37). The Labute approximate surface area is 232 Å². The van der Waals surface area contributed by atoms with Gasteiger partial charge in [0.1, 0.15) is 0 Å². The zero-order chi connectivity index (χ0) is 27.2. The molecule has 202 valence electrons. The van der Waals surface area contributed by atoms with Gasteiger partial charge in [-0.3, -0.25) is 15.1 Å². The largest absolute Gasteiger partial charge is 0.378 e. The molecule has 0 unspecified atom stereocenters. The van der Waals surface area contributed by atoms with Gasteiger partial charge in [-0.2, -0.15) is 5.10 Å². The minimum Gasteiger partial charge on any atom is -0.378 e. The Morgan fingerprint density at radius 1 is 1.15 bits per heavy atom. The number of H-pyrrole nitrogens is 1. The fourth-order valence-corrected chi connectivity index (χ4v) is 6.30. The molecular weight excluding hydrogens is 528 g/mol. The van der Waals surface area contributed by atoms with Gasteiger partial charge in [-0.15, -0.1) is 11.3 Å². The van der Waals surface area contributed by atoms with Crippen molar-refractivity contribution in [2.75, 3.05) is 36.5 Å². The predicted molar refractivity (Wildman–Crippen MR) is 155 cm³/mol. The lowest BCUT2D eigenvalue weighted by molar-refractivity contribution is 0.0706. The summed E-state index contributed by atoms with van der Waals surface area (Å²) in [5.41, 5.74) is 6.75. The highest BCUT2D eigenvalue weighted by atomic mass is 32.1. The van der Waals surface area contributed by atoms with Crippen molar-refractivity contribution in [1.82, 2.24) is 30.2 Å². The molecule has 1 aliphatic heterocycles. The number of carbonyl (C=O) groups excluding carboxylic acids is 1. The number of nitrogens with zero attached hydrogens (tertiary/aromatic N) is 5. The lowest BCUT2D eigenvalue weighted by atomic mass is 10.1. The van der Waals surface area contributed by atoms with Crippen LogP contribution in [0.25, 0.3) is 43.4 Å². The third kappa shape index (κ3) is 4.22. The first-order valence-electron chi connectivity index (χ1n) is 12.9. The molecular formula is C28H26N8O3S. The molecule has 1 amide bonds. The van der Waals surface area contributed by atoms with Crippen molar-refractivity contribution in [3.8, 4) is 11.4 Å². The number of hydrogen-bond acceptors (Lipinski definition) is 9. The first-order valence-corrected chi connectivity index (χ1v) is 13.7. The lowest BCUT2D eigenvalue weighted by Crippen LogP contribution is -2.36. The number of aromatic nitrogens is 5. The summed E-state index contributed by atoms with van der Waals surface area (Å²) >= 11 is 1.68. The van der Waals surface area contributed by atoms with Crippen molar-refractivity contribution in [2.24, 2.45) is 7.05 Å². The van der Waals surface area contributed by atoms with Crippen molar-refractivity contribution in [1.29, 1.82) is 0 Å². The van der Waals surface area contributed by atoms with E-state index in [-0.39, 0.29) is 0 Å². The number of hydroxylamine groups is 1. The molecule has 1 aliphatic rings. The third-order valence-electron chi connectivity index (χ3n) is 7.25. The van der Waals surface area contributed by atoms with E-state index in [0.717, 1.165) is 67.1 Å². The van der Waals surface area contributed by atoms with Crippen LogP contribution in [0.1, 0.15) is 15.2 Å². The average molecular weight is 555 g/mol. The third-order valence-corrected chi connectivity index (χ3v) is 8.37. The Hall–Kier alpha value is -4.52. The number of ether oxygens (including phenoxy) is 1. The van der Waals surface area contributed by atoms with Crippen LogP contribution in [-0.2, 0) is 18.3 Å². The maximum Gasteiger partial charge on any atom is 0.274 e. The summed E-state index contributed by atoms with van der Waals surface area (Å²) in [7, 11) is 1.96. The number of morpholine rings is 1. The summed E-state index contributed by atoms with van der Waals surface area (Å²) in [6, 6.07) is 13.5. The lowest BCUT2D eigenvalue weighted by Gasteiger charge is -2.28. The van der Waals surface area contributed by atoms with Gasteiger partial charge in [0.2, 0.25) is 0 Å². The maximum absolute atomic E-state index is 12.0. The van der Waals surface area contributed by atoms with E-state index in [1.165, 1.54) is 0 Å². The van der Waals surface area contributed by atoms with E-state index in [9.17, 15) is 4.79 Å². The quantitative estimate of drug-likeness (QED) is 0.177. The Kier molecular flexibility index (Phi) is 6.07. The molecule has 0 atom stereocenters. The number of aromatic amines is 1. The molecule has 1 fully saturated rings. The second kappa shape index (κ2) is 9.90. The van der Waals surface area contributed by atoms with Gasteiger partial charge in [-0.25, -0.2) is 15.4 Å². The van der Waals surface area contributed by atoms with E-state index in [1.54, 1.807) is 28.9 Å². The van der Waals surface area contributed by atoms with Gasteiger partial charge in [-0.1, -0.05) is 12.1 Å². The number of rotatable bonds is 6. The van der Waals surface area contributed by atoms with Crippen molar-refractivity contribution in [2.45, 2.75) is 6.54 Å². The van der Waals surface area contributed by atoms with Gasteiger partial charge >= 0.3 is 0 Å². The number of amides is 1. The van der Waals surface area contributed by atoms with Crippen molar-refractivity contribution in [3.63, 3.8) is 0 Å². The monoisotopic (exact) mass is 554 g/mol. The second-order valence-electron chi connectivity index (χ2n) is 9.71.